The molecule has 0 aliphatic rings. The van der Waals surface area contributed by atoms with Gasteiger partial charge in [-0.2, -0.15) is 30.2 Å². The van der Waals surface area contributed by atoms with Crippen LogP contribution in [0, 0.1) is 20.2 Å². The largest absolute Gasteiger partial charge is 0.389 e. The monoisotopic (exact) mass is 1540 g/mol. The number of anilines is 1. The Morgan fingerprint density at radius 3 is 1.09 bits per heavy atom. The molecule has 0 aliphatic heterocycles. The van der Waals surface area contributed by atoms with Crippen LogP contribution >= 0.6 is 37.3 Å². The van der Waals surface area contributed by atoms with Crippen LogP contribution < -0.4 is 15.3 Å². The van der Waals surface area contributed by atoms with Crippen LogP contribution in [0.1, 0.15) is 175 Å². The van der Waals surface area contributed by atoms with Crippen LogP contribution in [0.25, 0.3) is 0 Å². The summed E-state index contributed by atoms with van der Waals surface area (Å²) >= 11 is 3.27. The molecule has 94 heavy (non-hydrogen) atoms. The summed E-state index contributed by atoms with van der Waals surface area (Å²) in [5.74, 6) is 0.410. The number of nitrogens with zero attached hydrogens (tertiary/aromatic N) is 16. The van der Waals surface area contributed by atoms with Crippen molar-refractivity contribution in [2.75, 3.05) is 5.73 Å². The zero-order valence-corrected chi connectivity index (χ0v) is 66.6. The molecule has 0 fully saturated rings. The van der Waals surface area contributed by atoms with E-state index < -0.39 is 64.4 Å². The normalized spacial score (nSPS) is 12.7. The summed E-state index contributed by atoms with van der Waals surface area (Å²) in [6.45, 7) is 48.4. The Balaban J connectivity index is 0.00000108. The fourth-order valence-corrected chi connectivity index (χ4v) is 16.5. The number of nitro groups is 2. The van der Waals surface area contributed by atoms with Crippen molar-refractivity contribution in [1.82, 2.24) is 73.3 Å². The number of nitrogens with two attached hydrogens (primary N) is 2. The number of aromatic nitrogens is 14. The quantitative estimate of drug-likeness (QED) is 0.0243. The van der Waals surface area contributed by atoms with Gasteiger partial charge in [0.1, 0.15) is 24.0 Å². The number of aromatic amines is 1. The van der Waals surface area contributed by atoms with E-state index in [1.54, 1.807) is 63.2 Å². The molecule has 0 aliphatic carbocycles. The Labute approximate surface area is 574 Å². The molecule has 31 nitrogen and oxygen atoms in total. The first-order valence-electron chi connectivity index (χ1n) is 29.4. The molecule has 0 saturated heterocycles. The molecule has 1 atom stereocenters. The van der Waals surface area contributed by atoms with Crippen molar-refractivity contribution in [2.45, 2.75) is 236 Å². The first kappa shape index (κ1) is 88.3. The van der Waals surface area contributed by atoms with Crippen molar-refractivity contribution in [2.24, 2.45) is 9.17 Å². The Bertz CT molecular complexity index is 3840. The van der Waals surface area contributed by atoms with Gasteiger partial charge in [-0.1, -0.05) is 89.5 Å². The lowest BCUT2D eigenvalue weighted by molar-refractivity contribution is -0.389. The second-order valence-corrected chi connectivity index (χ2v) is 46.5. The van der Waals surface area contributed by atoms with Crippen LogP contribution in [0.4, 0.5) is 17.5 Å². The van der Waals surface area contributed by atoms with Crippen molar-refractivity contribution in [3.8, 4) is 0 Å². The summed E-state index contributed by atoms with van der Waals surface area (Å²) in [6.07, 6.45) is 11.5. The molecule has 7 aromatic rings. The van der Waals surface area contributed by atoms with Crippen LogP contribution in [-0.2, 0) is 38.0 Å². The molecule has 0 spiro atoms. The van der Waals surface area contributed by atoms with E-state index in [2.05, 4.69) is 147 Å². The molecule has 1 unspecified atom stereocenters. The lowest BCUT2D eigenvalue weighted by atomic mass is 10.2. The van der Waals surface area contributed by atoms with E-state index in [4.69, 9.17) is 32.2 Å². The van der Waals surface area contributed by atoms with E-state index in [0.29, 0.717) is 21.7 Å². The Morgan fingerprint density at radius 1 is 0.532 bits per heavy atom. The maximum atomic E-state index is 12.7. The van der Waals surface area contributed by atoms with E-state index in [-0.39, 0.29) is 67.0 Å². The summed E-state index contributed by atoms with van der Waals surface area (Å²) in [4.78, 5) is 19.6. The molecule has 0 bridgehead atoms. The van der Waals surface area contributed by atoms with Crippen LogP contribution in [0.2, 0.25) is 36.3 Å². The maximum absolute atomic E-state index is 12.7. The molecular weight excluding hydrogens is 1440 g/mol. The van der Waals surface area contributed by atoms with Gasteiger partial charge in [0, 0.05) is 87.4 Å². The van der Waals surface area contributed by atoms with Gasteiger partial charge < -0.3 is 26.0 Å². The zero-order chi connectivity index (χ0) is 73.7. The summed E-state index contributed by atoms with van der Waals surface area (Å²) in [5, 5.41) is 55.4. The smallest absolute Gasteiger partial charge is 0.382 e. The van der Waals surface area contributed by atoms with Gasteiger partial charge in [0.2, 0.25) is 0 Å². The van der Waals surface area contributed by atoms with Gasteiger partial charge in [0.05, 0.1) is 35.7 Å². The Hall–Kier alpha value is -5.72. The molecule has 0 aromatic carbocycles. The van der Waals surface area contributed by atoms with Crippen molar-refractivity contribution in [3.05, 3.63) is 106 Å². The van der Waals surface area contributed by atoms with Crippen molar-refractivity contribution < 1.29 is 39.3 Å². The number of nitrogen functional groups attached to an aromatic ring is 1. The average molecular weight is 1540 g/mol. The predicted molar refractivity (Wildman–Crippen MR) is 380 cm³/mol. The number of rotatable bonds is 15. The number of hydrogen-bond acceptors (Lipinski definition) is 20. The number of hydrogen-bond donors (Lipinski definition) is 4. The standard InChI is InChI=1S/C12H26N4OSSi.C12H25N3O2SSi.2C6H9ClN2O2S.C6H9N3O2.C6H11N3.C3H7Br.C3H3N3O2/c1-10(2)16-9-8-11(14-16)18(13,17)15-19(6,7)12(3,4)5;1-10(2)15-9-8-11(13-15)18(16,17)14-19(6,7)12(3,4)5;2*1-5(2)9-4-3-6(8-9)12(7,10)11;1-5(2)8-4-3-6(7-8)9(10)11;1-5(2)9-4-3-6(7)8-9;1-3(2)4;7-6(8)3-1-2-4-5-3/h8-10H,1-7H3,(H2,13,15,17);8-10,14H,1-7H3;2*3-5H,1-2H3;3-5H,1-2H3;3-5H,1-2H3,(H2,7,8);3H,1-2H3;1-2H,(H,4,5). The SMILES string of the molecule is CC(C)Br.CC(C)n1ccc(N)n1.CC(C)n1ccc(S(=O)(=O)Cl)n1.CC(C)n1ccc(S(=O)(=O)Cl)n1.CC(C)n1ccc(S(=O)(=O)N[Si](C)(C)C(C)(C)C)n1.CC(C)n1ccc(S(N)(=O)=N[Si](C)(C)C(C)(C)C)n1.CC(C)n1ccc([N+](=O)[O-])n1.O=[N+]([O-])c1ccn[nH]1. The highest BCUT2D eigenvalue weighted by atomic mass is 79.9. The highest BCUT2D eigenvalue weighted by molar-refractivity contribution is 9.09. The van der Waals surface area contributed by atoms with E-state index in [1.165, 1.54) is 39.8 Å². The molecule has 0 amide bonds. The van der Waals surface area contributed by atoms with Gasteiger partial charge in [0.25, 0.3) is 28.1 Å². The molecule has 0 radical (unpaired) electrons. The van der Waals surface area contributed by atoms with Crippen LogP contribution in [-0.4, -0.2) is 129 Å². The third kappa shape index (κ3) is 31.4. The van der Waals surface area contributed by atoms with Gasteiger partial charge >= 0.3 is 11.6 Å². The molecule has 7 heterocycles. The van der Waals surface area contributed by atoms with Gasteiger partial charge in [-0.05, 0) is 146 Å². The van der Waals surface area contributed by atoms with Crippen LogP contribution in [0.3, 0.4) is 0 Å². The van der Waals surface area contributed by atoms with Crippen molar-refractivity contribution in [3.63, 3.8) is 0 Å². The first-order valence-corrected chi connectivity index (χ1v) is 43.9. The third-order valence-electron chi connectivity index (χ3n) is 13.1. The van der Waals surface area contributed by atoms with E-state index in [9.17, 15) is 49.7 Å². The lowest BCUT2D eigenvalue weighted by Gasteiger charge is -2.36. The Morgan fingerprint density at radius 2 is 0.851 bits per heavy atom. The molecule has 40 heteroatoms. The van der Waals surface area contributed by atoms with E-state index >= 15 is 0 Å². The first-order chi connectivity index (χ1) is 42.4. The van der Waals surface area contributed by atoms with Crippen LogP contribution in [0.5, 0.6) is 0 Å². The fraction of sp³-hybridized carbons (Fsp3) is 0.611. The van der Waals surface area contributed by atoms with Gasteiger partial charge in [-0.15, -0.1) is 5.10 Å². The number of H-pyrrole nitrogens is 1. The van der Waals surface area contributed by atoms with E-state index in [1.807, 2.05) is 93.2 Å². The minimum absolute atomic E-state index is 0.00957. The maximum Gasteiger partial charge on any atom is 0.389 e. The second-order valence-electron chi connectivity index (χ2n) is 25.8. The number of sulfonamides is 1. The molecule has 0 saturated carbocycles. The van der Waals surface area contributed by atoms with Crippen LogP contribution in [0.15, 0.2) is 110 Å². The predicted octanol–water partition coefficient (Wildman–Crippen LogP) is 13.2. The number of halogens is 3. The second kappa shape index (κ2) is 37.1. The average Bonchev–Trinajstić information content (AvgIpc) is 1.29. The molecule has 534 valence electrons. The summed E-state index contributed by atoms with van der Waals surface area (Å²) < 4.78 is 97.7. The lowest BCUT2D eigenvalue weighted by Crippen LogP contribution is -2.54. The Kier molecular flexibility index (Phi) is 34.9. The molecule has 6 N–H and O–H groups in total. The van der Waals surface area contributed by atoms with Crippen molar-refractivity contribution in [1.29, 1.82) is 0 Å². The van der Waals surface area contributed by atoms with Gasteiger partial charge in [-0.25, -0.2) is 39.0 Å². The van der Waals surface area contributed by atoms with Crippen molar-refractivity contribution >= 4 is 109 Å². The molecule has 7 rings (SSSR count). The highest BCUT2D eigenvalue weighted by Gasteiger charge is 2.40. The fourth-order valence-electron chi connectivity index (χ4n) is 5.76. The summed E-state index contributed by atoms with van der Waals surface area (Å²) in [5.41, 5.74) is 5.38. The minimum atomic E-state index is -3.68. The zero-order valence-electron chi connectivity index (χ0n) is 58.2. The highest BCUT2D eigenvalue weighted by Crippen LogP contribution is 2.38. The van der Waals surface area contributed by atoms with Gasteiger partial charge in [0.15, 0.2) is 28.3 Å². The molecule has 7 aromatic heterocycles. The third-order valence-corrected chi connectivity index (χ3v) is 30.6. The van der Waals surface area contributed by atoms with E-state index in [0.717, 1.165) is 0 Å². The minimum Gasteiger partial charge on any atom is -0.382 e. The number of alkyl halides is 1. The number of nitrogens with one attached hydrogen (secondary N) is 2. The topological polar surface area (TPSA) is 418 Å². The summed E-state index contributed by atoms with van der Waals surface area (Å²) in [7, 11) is -7.84. The molecular formula is C54H99BrCl2N20O11S4Si2. The van der Waals surface area contributed by atoms with Gasteiger partial charge in [-0.3, -0.25) is 27.4 Å². The summed E-state index contributed by atoms with van der Waals surface area (Å²) in [6, 6.07) is 11.7.